The Balaban J connectivity index is 1.99. The minimum Gasteiger partial charge on any atom is -0.497 e. The van der Waals surface area contributed by atoms with Crippen LogP contribution < -0.4 is 4.74 Å². The van der Waals surface area contributed by atoms with Gasteiger partial charge < -0.3 is 14.9 Å². The lowest BCUT2D eigenvalue weighted by molar-refractivity contribution is -0.146. The number of carboxylic acids is 2. The first-order valence-electron chi connectivity index (χ1n) is 8.97. The number of hydrogen-bond acceptors (Lipinski definition) is 4. The van der Waals surface area contributed by atoms with Gasteiger partial charge in [0.2, 0.25) is 0 Å². The fourth-order valence-corrected chi connectivity index (χ4v) is 3.82. The molecular weight excluding hydrogens is 336 g/mol. The predicted octanol–water partition coefficient (Wildman–Crippen LogP) is 3.32. The van der Waals surface area contributed by atoms with Crippen LogP contribution in [0.15, 0.2) is 24.3 Å². The fraction of sp³-hybridized carbons (Fsp3) is 0.550. The molecule has 2 N–H and O–H groups in total. The van der Waals surface area contributed by atoms with E-state index in [-0.39, 0.29) is 25.0 Å². The molecule has 6 nitrogen and oxygen atoms in total. The number of ether oxygens (including phenoxy) is 1. The Morgan fingerprint density at radius 2 is 1.73 bits per heavy atom. The van der Waals surface area contributed by atoms with Gasteiger partial charge in [0, 0.05) is 11.8 Å². The highest BCUT2D eigenvalue weighted by atomic mass is 16.5. The SMILES string of the molecule is COc1ccc(CC(CCC(=O)C2(CC(=O)O)CCCC2)C(=O)O)cc1. The van der Waals surface area contributed by atoms with Crippen molar-refractivity contribution in [2.45, 2.75) is 51.4 Å². The summed E-state index contributed by atoms with van der Waals surface area (Å²) < 4.78 is 5.09. The highest BCUT2D eigenvalue weighted by molar-refractivity contribution is 5.89. The summed E-state index contributed by atoms with van der Waals surface area (Å²) in [6.07, 6.45) is 3.41. The number of hydrogen-bond donors (Lipinski definition) is 2. The van der Waals surface area contributed by atoms with E-state index in [1.54, 1.807) is 19.2 Å². The monoisotopic (exact) mass is 362 g/mol. The molecule has 1 unspecified atom stereocenters. The molecule has 2 rings (SSSR count). The lowest BCUT2D eigenvalue weighted by atomic mass is 9.76. The van der Waals surface area contributed by atoms with Crippen LogP contribution >= 0.6 is 0 Å². The van der Waals surface area contributed by atoms with Gasteiger partial charge in [-0.15, -0.1) is 0 Å². The van der Waals surface area contributed by atoms with Crippen LogP contribution in [0.3, 0.4) is 0 Å². The van der Waals surface area contributed by atoms with Gasteiger partial charge in [0.15, 0.2) is 0 Å². The van der Waals surface area contributed by atoms with Gasteiger partial charge in [0.1, 0.15) is 11.5 Å². The first kappa shape index (κ1) is 19.9. The Morgan fingerprint density at radius 3 is 2.23 bits per heavy atom. The predicted molar refractivity (Wildman–Crippen MR) is 95.2 cm³/mol. The zero-order chi connectivity index (χ0) is 19.2. The van der Waals surface area contributed by atoms with Crippen LogP contribution in [0.2, 0.25) is 0 Å². The number of methoxy groups -OCH3 is 1. The molecule has 6 heteroatoms. The summed E-state index contributed by atoms with van der Waals surface area (Å²) in [5.41, 5.74) is 0.0707. The van der Waals surface area contributed by atoms with Gasteiger partial charge in [-0.05, 0) is 43.4 Å². The number of rotatable bonds is 10. The van der Waals surface area contributed by atoms with Crippen LogP contribution in [0.25, 0.3) is 0 Å². The van der Waals surface area contributed by atoms with Crippen LogP contribution in [0.5, 0.6) is 5.75 Å². The maximum Gasteiger partial charge on any atom is 0.306 e. The van der Waals surface area contributed by atoms with Crippen molar-refractivity contribution in [1.29, 1.82) is 0 Å². The van der Waals surface area contributed by atoms with Crippen LogP contribution in [0, 0.1) is 11.3 Å². The van der Waals surface area contributed by atoms with Crippen molar-refractivity contribution in [2.24, 2.45) is 11.3 Å². The molecule has 1 aromatic rings. The molecule has 26 heavy (non-hydrogen) atoms. The third-order valence-corrected chi connectivity index (χ3v) is 5.35. The molecule has 0 saturated heterocycles. The van der Waals surface area contributed by atoms with Gasteiger partial charge in [-0.2, -0.15) is 0 Å². The first-order valence-corrected chi connectivity index (χ1v) is 8.97. The molecule has 1 aliphatic carbocycles. The standard InChI is InChI=1S/C20H26O6/c1-26-16-7-4-14(5-8-16)12-15(19(24)25)6-9-17(21)20(13-18(22)23)10-2-3-11-20/h4-5,7-8,15H,2-3,6,9-13H2,1H3,(H,22,23)(H,24,25). The molecule has 1 aliphatic rings. The zero-order valence-corrected chi connectivity index (χ0v) is 15.1. The van der Waals surface area contributed by atoms with E-state index in [0.717, 1.165) is 18.4 Å². The van der Waals surface area contributed by atoms with Gasteiger partial charge in [-0.3, -0.25) is 14.4 Å². The van der Waals surface area contributed by atoms with E-state index in [4.69, 9.17) is 9.84 Å². The van der Waals surface area contributed by atoms with Crippen molar-refractivity contribution in [1.82, 2.24) is 0 Å². The molecule has 0 aromatic heterocycles. The summed E-state index contributed by atoms with van der Waals surface area (Å²) in [5.74, 6) is -1.97. The van der Waals surface area contributed by atoms with Gasteiger partial charge in [0.25, 0.3) is 0 Å². The molecule has 142 valence electrons. The number of Topliss-reactive ketones (excluding diaryl/α,β-unsaturated/α-hetero) is 1. The van der Waals surface area contributed by atoms with Crippen LogP contribution in [0.1, 0.15) is 50.5 Å². The van der Waals surface area contributed by atoms with E-state index in [2.05, 4.69) is 0 Å². The molecule has 1 fully saturated rings. The normalized spacial score (nSPS) is 16.8. The van der Waals surface area contributed by atoms with Crippen molar-refractivity contribution in [3.8, 4) is 5.75 Å². The minimum absolute atomic E-state index is 0.0987. The second-order valence-electron chi connectivity index (χ2n) is 7.11. The highest BCUT2D eigenvalue weighted by Gasteiger charge is 2.42. The van der Waals surface area contributed by atoms with Gasteiger partial charge in [-0.1, -0.05) is 25.0 Å². The quantitative estimate of drug-likeness (QED) is 0.662. The number of carbonyl (C=O) groups is 3. The Bertz CT molecular complexity index is 643. The molecule has 0 amide bonds. The summed E-state index contributed by atoms with van der Waals surface area (Å²) >= 11 is 0. The van der Waals surface area contributed by atoms with Crippen molar-refractivity contribution in [3.05, 3.63) is 29.8 Å². The second kappa shape index (κ2) is 8.83. The topological polar surface area (TPSA) is 101 Å². The number of carboxylic acid groups (broad SMARTS) is 2. The highest BCUT2D eigenvalue weighted by Crippen LogP contribution is 2.43. The van der Waals surface area contributed by atoms with Crippen molar-refractivity contribution in [2.75, 3.05) is 7.11 Å². The summed E-state index contributed by atoms with van der Waals surface area (Å²) in [6, 6.07) is 7.19. The lowest BCUT2D eigenvalue weighted by Gasteiger charge is -2.26. The van der Waals surface area contributed by atoms with Gasteiger partial charge >= 0.3 is 11.9 Å². The number of aliphatic carboxylic acids is 2. The minimum atomic E-state index is -0.965. The van der Waals surface area contributed by atoms with E-state index in [0.29, 0.717) is 25.0 Å². The summed E-state index contributed by atoms with van der Waals surface area (Å²) in [7, 11) is 1.57. The number of carbonyl (C=O) groups excluding carboxylic acids is 1. The molecule has 1 aromatic carbocycles. The van der Waals surface area contributed by atoms with E-state index < -0.39 is 23.3 Å². The van der Waals surface area contributed by atoms with Gasteiger partial charge in [-0.25, -0.2) is 0 Å². The van der Waals surface area contributed by atoms with Crippen LogP contribution in [0.4, 0.5) is 0 Å². The Hall–Kier alpha value is -2.37. The maximum atomic E-state index is 12.7. The van der Waals surface area contributed by atoms with E-state index in [1.807, 2.05) is 12.1 Å². The summed E-state index contributed by atoms with van der Waals surface area (Å²) in [6.45, 7) is 0. The molecule has 0 aliphatic heterocycles. The average molecular weight is 362 g/mol. The molecule has 1 saturated carbocycles. The molecule has 1 atom stereocenters. The zero-order valence-electron chi connectivity index (χ0n) is 15.1. The van der Waals surface area contributed by atoms with Crippen LogP contribution in [-0.2, 0) is 20.8 Å². The lowest BCUT2D eigenvalue weighted by Crippen LogP contribution is -2.31. The van der Waals surface area contributed by atoms with Crippen molar-refractivity contribution in [3.63, 3.8) is 0 Å². The molecular formula is C20H26O6. The van der Waals surface area contributed by atoms with Crippen LogP contribution in [-0.4, -0.2) is 35.0 Å². The van der Waals surface area contributed by atoms with E-state index >= 15 is 0 Å². The van der Waals surface area contributed by atoms with Gasteiger partial charge in [0.05, 0.1) is 19.4 Å². The first-order chi connectivity index (χ1) is 12.4. The third kappa shape index (κ3) is 5.07. The summed E-state index contributed by atoms with van der Waals surface area (Å²) in [4.78, 5) is 35.4. The van der Waals surface area contributed by atoms with Crippen molar-refractivity contribution < 1.29 is 29.3 Å². The Morgan fingerprint density at radius 1 is 1.12 bits per heavy atom. The smallest absolute Gasteiger partial charge is 0.306 e. The molecule has 0 heterocycles. The van der Waals surface area contributed by atoms with Crippen molar-refractivity contribution >= 4 is 17.7 Å². The molecule has 0 bridgehead atoms. The van der Waals surface area contributed by atoms with E-state index in [9.17, 15) is 19.5 Å². The second-order valence-corrected chi connectivity index (χ2v) is 7.11. The van der Waals surface area contributed by atoms with E-state index in [1.165, 1.54) is 0 Å². The maximum absolute atomic E-state index is 12.7. The third-order valence-electron chi connectivity index (χ3n) is 5.35. The largest absolute Gasteiger partial charge is 0.497 e. The fourth-order valence-electron chi connectivity index (χ4n) is 3.82. The number of ketones is 1. The average Bonchev–Trinajstić information content (AvgIpc) is 3.07. The number of benzene rings is 1. The summed E-state index contributed by atoms with van der Waals surface area (Å²) in [5, 5.41) is 18.6. The molecule has 0 spiro atoms. The Labute approximate surface area is 153 Å². The Kier molecular flexibility index (Phi) is 6.77. The molecule has 0 radical (unpaired) electrons.